The Hall–Kier alpha value is -0.470. The lowest BCUT2D eigenvalue weighted by molar-refractivity contribution is 0.510. The number of nitrogens with one attached hydrogen (secondary N) is 1. The lowest BCUT2D eigenvalue weighted by Gasteiger charge is -2.19. The lowest BCUT2D eigenvalue weighted by Crippen LogP contribution is -2.34. The first-order valence-corrected chi connectivity index (χ1v) is 8.17. The minimum Gasteiger partial charge on any atom is -0.313 e. The molecule has 1 aromatic carbocycles. The molecule has 0 amide bonds. The quantitative estimate of drug-likeness (QED) is 0.800. The van der Waals surface area contributed by atoms with Gasteiger partial charge in [-0.05, 0) is 35.6 Å². The molecule has 1 saturated carbocycles. The minimum absolute atomic E-state index is 0.688. The SMILES string of the molecule is CCNC(CSC(C)C)C1CC1c1ccccc1. The highest BCUT2D eigenvalue weighted by Gasteiger charge is 2.43. The summed E-state index contributed by atoms with van der Waals surface area (Å²) in [4.78, 5) is 0. The molecule has 0 heterocycles. The Labute approximate surface area is 116 Å². The third kappa shape index (κ3) is 3.76. The summed E-state index contributed by atoms with van der Waals surface area (Å²) < 4.78 is 0. The van der Waals surface area contributed by atoms with Gasteiger partial charge in [-0.3, -0.25) is 0 Å². The third-order valence-corrected chi connectivity index (χ3v) is 4.88. The summed E-state index contributed by atoms with van der Waals surface area (Å²) >= 11 is 2.08. The van der Waals surface area contributed by atoms with E-state index in [-0.39, 0.29) is 0 Å². The van der Waals surface area contributed by atoms with Gasteiger partial charge in [0, 0.05) is 11.8 Å². The van der Waals surface area contributed by atoms with Crippen LogP contribution in [-0.2, 0) is 0 Å². The minimum atomic E-state index is 0.688. The van der Waals surface area contributed by atoms with Gasteiger partial charge in [0.2, 0.25) is 0 Å². The second-order valence-corrected chi connectivity index (χ2v) is 7.07. The lowest BCUT2D eigenvalue weighted by atomic mass is 10.1. The summed E-state index contributed by atoms with van der Waals surface area (Å²) in [5.74, 6) is 2.89. The van der Waals surface area contributed by atoms with E-state index in [1.54, 1.807) is 0 Å². The van der Waals surface area contributed by atoms with Crippen LogP contribution in [0.1, 0.15) is 38.7 Å². The van der Waals surface area contributed by atoms with Crippen molar-refractivity contribution in [2.45, 2.75) is 44.4 Å². The topological polar surface area (TPSA) is 12.0 Å². The van der Waals surface area contributed by atoms with E-state index in [2.05, 4.69) is 68.2 Å². The fraction of sp³-hybridized carbons (Fsp3) is 0.625. The maximum Gasteiger partial charge on any atom is 0.0192 e. The average molecular weight is 263 g/mol. The van der Waals surface area contributed by atoms with Crippen LogP contribution in [0.3, 0.4) is 0 Å². The Morgan fingerprint density at radius 2 is 2.00 bits per heavy atom. The van der Waals surface area contributed by atoms with Crippen LogP contribution in [0, 0.1) is 5.92 Å². The van der Waals surface area contributed by atoms with Crippen LogP contribution in [0.5, 0.6) is 0 Å². The van der Waals surface area contributed by atoms with Crippen molar-refractivity contribution in [1.29, 1.82) is 0 Å². The van der Waals surface area contributed by atoms with Crippen LogP contribution in [0.15, 0.2) is 30.3 Å². The van der Waals surface area contributed by atoms with Gasteiger partial charge >= 0.3 is 0 Å². The van der Waals surface area contributed by atoms with Crippen LogP contribution in [0.2, 0.25) is 0 Å². The average Bonchev–Trinajstić information content (AvgIpc) is 3.15. The molecule has 18 heavy (non-hydrogen) atoms. The Balaban J connectivity index is 1.89. The Morgan fingerprint density at radius 1 is 1.28 bits per heavy atom. The molecule has 3 unspecified atom stereocenters. The first-order valence-electron chi connectivity index (χ1n) is 7.12. The molecule has 1 nitrogen and oxygen atoms in total. The zero-order valence-electron chi connectivity index (χ0n) is 11.7. The van der Waals surface area contributed by atoms with Gasteiger partial charge in [0.25, 0.3) is 0 Å². The molecular formula is C16H25NS. The van der Waals surface area contributed by atoms with E-state index in [0.29, 0.717) is 6.04 Å². The normalized spacial score (nSPS) is 24.2. The maximum atomic E-state index is 3.68. The summed E-state index contributed by atoms with van der Waals surface area (Å²) in [5.41, 5.74) is 1.53. The molecule has 1 N–H and O–H groups in total. The highest BCUT2D eigenvalue weighted by Crippen LogP contribution is 2.50. The van der Waals surface area contributed by atoms with Crippen LogP contribution in [0.4, 0.5) is 0 Å². The fourth-order valence-corrected chi connectivity index (χ4v) is 3.59. The molecule has 0 aliphatic heterocycles. The summed E-state index contributed by atoms with van der Waals surface area (Å²) in [5, 5.41) is 4.42. The van der Waals surface area contributed by atoms with E-state index in [1.165, 1.54) is 17.7 Å². The highest BCUT2D eigenvalue weighted by atomic mass is 32.2. The second-order valence-electron chi connectivity index (χ2n) is 5.46. The third-order valence-electron chi connectivity index (χ3n) is 3.66. The van der Waals surface area contributed by atoms with Crippen LogP contribution < -0.4 is 5.32 Å². The highest BCUT2D eigenvalue weighted by molar-refractivity contribution is 7.99. The zero-order valence-corrected chi connectivity index (χ0v) is 12.5. The van der Waals surface area contributed by atoms with Gasteiger partial charge in [0.05, 0.1) is 0 Å². The van der Waals surface area contributed by atoms with Crippen LogP contribution in [0.25, 0.3) is 0 Å². The Kier molecular flexibility index (Phi) is 5.13. The molecule has 3 atom stereocenters. The van der Waals surface area contributed by atoms with E-state index in [4.69, 9.17) is 0 Å². The van der Waals surface area contributed by atoms with Gasteiger partial charge in [-0.15, -0.1) is 0 Å². The summed E-state index contributed by atoms with van der Waals surface area (Å²) in [6, 6.07) is 11.7. The molecule has 1 aromatic rings. The molecule has 1 aliphatic rings. The first kappa shape index (κ1) is 14.0. The van der Waals surface area contributed by atoms with E-state index in [0.717, 1.165) is 23.6 Å². The summed E-state index contributed by atoms with van der Waals surface area (Å²) in [7, 11) is 0. The number of thioether (sulfide) groups is 1. The standard InChI is InChI=1S/C16H25NS/c1-4-17-16(11-18-12(2)3)15-10-14(15)13-8-6-5-7-9-13/h5-9,12,14-17H,4,10-11H2,1-3H3. The Morgan fingerprint density at radius 3 is 2.61 bits per heavy atom. The van der Waals surface area contributed by atoms with Gasteiger partial charge in [-0.1, -0.05) is 51.1 Å². The van der Waals surface area contributed by atoms with Crippen molar-refractivity contribution in [2.75, 3.05) is 12.3 Å². The van der Waals surface area contributed by atoms with Crippen molar-refractivity contribution in [3.05, 3.63) is 35.9 Å². The van der Waals surface area contributed by atoms with Gasteiger partial charge in [-0.25, -0.2) is 0 Å². The molecule has 0 radical (unpaired) electrons. The van der Waals surface area contributed by atoms with Gasteiger partial charge in [0.15, 0.2) is 0 Å². The van der Waals surface area contributed by atoms with Crippen LogP contribution in [-0.4, -0.2) is 23.6 Å². The van der Waals surface area contributed by atoms with Gasteiger partial charge < -0.3 is 5.32 Å². The number of hydrogen-bond donors (Lipinski definition) is 1. The summed E-state index contributed by atoms with van der Waals surface area (Å²) in [6.45, 7) is 7.87. The maximum absolute atomic E-state index is 3.68. The number of rotatable bonds is 7. The molecule has 1 fully saturated rings. The number of hydrogen-bond acceptors (Lipinski definition) is 2. The molecule has 100 valence electrons. The van der Waals surface area contributed by atoms with Crippen molar-refractivity contribution >= 4 is 11.8 Å². The molecule has 2 heteroatoms. The molecule has 0 saturated heterocycles. The monoisotopic (exact) mass is 263 g/mol. The predicted octanol–water partition coefficient (Wildman–Crippen LogP) is 3.91. The number of benzene rings is 1. The van der Waals surface area contributed by atoms with Gasteiger partial charge in [-0.2, -0.15) is 11.8 Å². The second kappa shape index (κ2) is 6.63. The van der Waals surface area contributed by atoms with E-state index >= 15 is 0 Å². The zero-order chi connectivity index (χ0) is 13.0. The van der Waals surface area contributed by atoms with E-state index < -0.39 is 0 Å². The smallest absolute Gasteiger partial charge is 0.0192 e. The van der Waals surface area contributed by atoms with Crippen molar-refractivity contribution in [1.82, 2.24) is 5.32 Å². The molecule has 0 spiro atoms. The molecule has 0 aromatic heterocycles. The first-order chi connectivity index (χ1) is 8.72. The molecule has 0 bridgehead atoms. The molecule has 2 rings (SSSR count). The van der Waals surface area contributed by atoms with Crippen LogP contribution >= 0.6 is 11.8 Å². The van der Waals surface area contributed by atoms with Crippen molar-refractivity contribution in [2.24, 2.45) is 5.92 Å². The molecule has 1 aliphatic carbocycles. The van der Waals surface area contributed by atoms with E-state index in [9.17, 15) is 0 Å². The van der Waals surface area contributed by atoms with Gasteiger partial charge in [0.1, 0.15) is 0 Å². The van der Waals surface area contributed by atoms with E-state index in [1.807, 2.05) is 0 Å². The molecular weight excluding hydrogens is 238 g/mol. The summed E-state index contributed by atoms with van der Waals surface area (Å²) in [6.07, 6.45) is 1.36. The van der Waals surface area contributed by atoms with Crippen molar-refractivity contribution in [3.8, 4) is 0 Å². The fourth-order valence-electron chi connectivity index (χ4n) is 2.64. The van der Waals surface area contributed by atoms with Crippen molar-refractivity contribution < 1.29 is 0 Å². The Bertz CT molecular complexity index is 349. The van der Waals surface area contributed by atoms with Crippen molar-refractivity contribution in [3.63, 3.8) is 0 Å². The predicted molar refractivity (Wildman–Crippen MR) is 82.3 cm³/mol. The largest absolute Gasteiger partial charge is 0.313 e.